The van der Waals surface area contributed by atoms with Crippen molar-refractivity contribution in [1.82, 2.24) is 5.32 Å². The van der Waals surface area contributed by atoms with Crippen LogP contribution in [0.15, 0.2) is 0 Å². The maximum absolute atomic E-state index is 11.3. The van der Waals surface area contributed by atoms with Crippen molar-refractivity contribution in [1.29, 1.82) is 0 Å². The zero-order valence-electron chi connectivity index (χ0n) is 9.03. The third kappa shape index (κ3) is 6.90. The first-order valence-electron chi connectivity index (χ1n) is 5.24. The summed E-state index contributed by atoms with van der Waals surface area (Å²) in [5.41, 5.74) is 0. The van der Waals surface area contributed by atoms with Crippen LogP contribution in [-0.2, 0) is 9.59 Å². The zero-order valence-corrected chi connectivity index (χ0v) is 9.03. The summed E-state index contributed by atoms with van der Waals surface area (Å²) in [4.78, 5) is 21.9. The molecule has 0 fully saturated rings. The van der Waals surface area contributed by atoms with Crippen molar-refractivity contribution < 1.29 is 19.8 Å². The third-order valence-electron chi connectivity index (χ3n) is 2.06. The molecule has 3 N–H and O–H groups in total. The summed E-state index contributed by atoms with van der Waals surface area (Å²) in [6.45, 7) is 1.79. The minimum absolute atomic E-state index is 0.0504. The predicted octanol–water partition coefficient (Wildman–Crippen LogP) is 0.518. The lowest BCUT2D eigenvalue weighted by molar-refractivity contribution is -0.142. The van der Waals surface area contributed by atoms with Crippen molar-refractivity contribution in [2.75, 3.05) is 6.61 Å². The van der Waals surface area contributed by atoms with Gasteiger partial charge in [-0.05, 0) is 6.42 Å². The van der Waals surface area contributed by atoms with Crippen LogP contribution < -0.4 is 5.32 Å². The Hall–Kier alpha value is -1.10. The molecule has 0 heterocycles. The standard InChI is InChI=1S/C10H19NO4/c1-2-3-4-5-9(13)11-8(6-7-12)10(14)15/h8,12H,2-7H2,1H3,(H,11,13)(H,14,15)/t8-/m0/s1. The Bertz CT molecular complexity index is 206. The number of amides is 1. The average molecular weight is 217 g/mol. The Morgan fingerprint density at radius 1 is 1.33 bits per heavy atom. The lowest BCUT2D eigenvalue weighted by Gasteiger charge is -2.12. The second-order valence-electron chi connectivity index (χ2n) is 3.43. The second-order valence-corrected chi connectivity index (χ2v) is 3.43. The van der Waals surface area contributed by atoms with E-state index < -0.39 is 12.0 Å². The Morgan fingerprint density at radius 3 is 2.47 bits per heavy atom. The van der Waals surface area contributed by atoms with Crippen LogP contribution in [0.2, 0.25) is 0 Å². The van der Waals surface area contributed by atoms with Crippen molar-refractivity contribution in [2.24, 2.45) is 0 Å². The maximum Gasteiger partial charge on any atom is 0.326 e. The average Bonchev–Trinajstić information content (AvgIpc) is 2.17. The van der Waals surface area contributed by atoms with Crippen molar-refractivity contribution in [3.63, 3.8) is 0 Å². The van der Waals surface area contributed by atoms with Gasteiger partial charge in [0.15, 0.2) is 0 Å². The first-order valence-corrected chi connectivity index (χ1v) is 5.24. The molecule has 15 heavy (non-hydrogen) atoms. The summed E-state index contributed by atoms with van der Waals surface area (Å²) in [7, 11) is 0. The Kier molecular flexibility index (Phi) is 7.62. The number of aliphatic carboxylic acids is 1. The molecule has 0 saturated carbocycles. The fourth-order valence-corrected chi connectivity index (χ4v) is 1.19. The van der Waals surface area contributed by atoms with E-state index in [2.05, 4.69) is 5.32 Å². The Balaban J connectivity index is 3.84. The van der Waals surface area contributed by atoms with E-state index in [1.54, 1.807) is 0 Å². The van der Waals surface area contributed by atoms with Gasteiger partial charge in [0.25, 0.3) is 0 Å². The molecule has 0 aromatic rings. The number of carbonyl (C=O) groups excluding carboxylic acids is 1. The van der Waals surface area contributed by atoms with E-state index in [0.29, 0.717) is 6.42 Å². The van der Waals surface area contributed by atoms with E-state index >= 15 is 0 Å². The van der Waals surface area contributed by atoms with Gasteiger partial charge < -0.3 is 15.5 Å². The summed E-state index contributed by atoms with van der Waals surface area (Å²) < 4.78 is 0. The lowest BCUT2D eigenvalue weighted by Crippen LogP contribution is -2.41. The molecule has 0 aromatic carbocycles. The largest absolute Gasteiger partial charge is 0.480 e. The van der Waals surface area contributed by atoms with Crippen LogP contribution in [0, 0.1) is 0 Å². The van der Waals surface area contributed by atoms with Crippen molar-refractivity contribution in [2.45, 2.75) is 45.1 Å². The van der Waals surface area contributed by atoms with Crippen molar-refractivity contribution >= 4 is 11.9 Å². The van der Waals surface area contributed by atoms with Gasteiger partial charge in [0, 0.05) is 19.4 Å². The Morgan fingerprint density at radius 2 is 2.00 bits per heavy atom. The van der Waals surface area contributed by atoms with Gasteiger partial charge in [0.1, 0.15) is 6.04 Å². The molecule has 0 bridgehead atoms. The van der Waals surface area contributed by atoms with Gasteiger partial charge in [-0.3, -0.25) is 4.79 Å². The molecule has 0 spiro atoms. The quantitative estimate of drug-likeness (QED) is 0.517. The molecule has 1 amide bonds. The van der Waals surface area contributed by atoms with Gasteiger partial charge in [-0.25, -0.2) is 4.79 Å². The molecular weight excluding hydrogens is 198 g/mol. The second kappa shape index (κ2) is 8.23. The highest BCUT2D eigenvalue weighted by atomic mass is 16.4. The van der Waals surface area contributed by atoms with Gasteiger partial charge >= 0.3 is 5.97 Å². The van der Waals surface area contributed by atoms with Gasteiger partial charge in [-0.2, -0.15) is 0 Å². The molecule has 88 valence electrons. The van der Waals surface area contributed by atoms with Gasteiger partial charge in [-0.15, -0.1) is 0 Å². The monoisotopic (exact) mass is 217 g/mol. The van der Waals surface area contributed by atoms with E-state index in [0.717, 1.165) is 19.3 Å². The fourth-order valence-electron chi connectivity index (χ4n) is 1.19. The number of aliphatic hydroxyl groups is 1. The maximum atomic E-state index is 11.3. The summed E-state index contributed by atoms with van der Waals surface area (Å²) in [6.07, 6.45) is 3.16. The van der Waals surface area contributed by atoms with Gasteiger partial charge in [0.05, 0.1) is 0 Å². The van der Waals surface area contributed by atoms with Crippen LogP contribution >= 0.6 is 0 Å². The molecule has 0 saturated heterocycles. The van der Waals surface area contributed by atoms with E-state index in [-0.39, 0.29) is 18.9 Å². The highest BCUT2D eigenvalue weighted by molar-refractivity contribution is 5.83. The number of carboxylic acids is 1. The normalized spacial score (nSPS) is 12.1. The molecular formula is C10H19NO4. The van der Waals surface area contributed by atoms with E-state index in [1.165, 1.54) is 0 Å². The molecule has 0 radical (unpaired) electrons. The SMILES string of the molecule is CCCCCC(=O)N[C@@H](CCO)C(=O)O. The summed E-state index contributed by atoms with van der Waals surface area (Å²) in [6, 6.07) is -0.968. The summed E-state index contributed by atoms with van der Waals surface area (Å²) in [5.74, 6) is -1.36. The van der Waals surface area contributed by atoms with Crippen LogP contribution in [0.3, 0.4) is 0 Å². The fraction of sp³-hybridized carbons (Fsp3) is 0.800. The molecule has 5 heteroatoms. The van der Waals surface area contributed by atoms with Crippen molar-refractivity contribution in [3.8, 4) is 0 Å². The summed E-state index contributed by atoms with van der Waals surface area (Å²) in [5, 5.41) is 19.7. The van der Waals surface area contributed by atoms with Gasteiger partial charge in [0.2, 0.25) is 5.91 Å². The number of aliphatic hydroxyl groups excluding tert-OH is 1. The highest BCUT2D eigenvalue weighted by Crippen LogP contribution is 2.00. The molecule has 5 nitrogen and oxygen atoms in total. The van der Waals surface area contributed by atoms with Crippen molar-refractivity contribution in [3.05, 3.63) is 0 Å². The minimum Gasteiger partial charge on any atom is -0.480 e. The van der Waals surface area contributed by atoms with Crippen LogP contribution in [0.4, 0.5) is 0 Å². The summed E-state index contributed by atoms with van der Waals surface area (Å²) >= 11 is 0. The van der Waals surface area contributed by atoms with E-state index in [9.17, 15) is 9.59 Å². The predicted molar refractivity (Wildman–Crippen MR) is 55.4 cm³/mol. The first kappa shape index (κ1) is 13.9. The van der Waals surface area contributed by atoms with Crippen LogP contribution in [-0.4, -0.2) is 34.7 Å². The molecule has 0 aliphatic carbocycles. The number of rotatable bonds is 8. The third-order valence-corrected chi connectivity index (χ3v) is 2.06. The Labute approximate surface area is 89.5 Å². The smallest absolute Gasteiger partial charge is 0.326 e. The lowest BCUT2D eigenvalue weighted by atomic mass is 10.1. The molecule has 0 aliphatic heterocycles. The highest BCUT2D eigenvalue weighted by Gasteiger charge is 2.18. The number of hydrogen-bond acceptors (Lipinski definition) is 3. The number of unbranched alkanes of at least 4 members (excludes halogenated alkanes) is 2. The van der Waals surface area contributed by atoms with E-state index in [4.69, 9.17) is 10.2 Å². The molecule has 0 rings (SSSR count). The molecule has 1 atom stereocenters. The number of hydrogen-bond donors (Lipinski definition) is 3. The minimum atomic E-state index is -1.10. The first-order chi connectivity index (χ1) is 7.11. The number of carbonyl (C=O) groups is 2. The topological polar surface area (TPSA) is 86.6 Å². The van der Waals surface area contributed by atoms with Crippen LogP contribution in [0.25, 0.3) is 0 Å². The molecule has 0 aliphatic rings. The van der Waals surface area contributed by atoms with E-state index in [1.807, 2.05) is 6.92 Å². The van der Waals surface area contributed by atoms with Crippen LogP contribution in [0.1, 0.15) is 39.0 Å². The number of carboxylic acid groups (broad SMARTS) is 1. The molecule has 0 aromatic heterocycles. The zero-order chi connectivity index (χ0) is 11.7. The number of nitrogens with one attached hydrogen (secondary N) is 1. The van der Waals surface area contributed by atoms with Crippen LogP contribution in [0.5, 0.6) is 0 Å². The molecule has 0 unspecified atom stereocenters. The van der Waals surface area contributed by atoms with Gasteiger partial charge in [-0.1, -0.05) is 19.8 Å².